The van der Waals surface area contributed by atoms with Crippen LogP contribution in [0, 0.1) is 0 Å². The van der Waals surface area contributed by atoms with Crippen LogP contribution >= 0.6 is 0 Å². The van der Waals surface area contributed by atoms with E-state index < -0.39 is 0 Å². The maximum Gasteiger partial charge on any atom is 0.144 e. The smallest absolute Gasteiger partial charge is 0.144 e. The lowest BCUT2D eigenvalue weighted by Gasteiger charge is -2.11. The molecular formula is C42H24N4O. The number of fused-ring (bicyclic) bond motifs is 10. The van der Waals surface area contributed by atoms with Gasteiger partial charge in [-0.15, -0.1) is 0 Å². The molecule has 0 bridgehead atoms. The van der Waals surface area contributed by atoms with Gasteiger partial charge in [-0.05, 0) is 42.0 Å². The van der Waals surface area contributed by atoms with Crippen LogP contribution in [0.5, 0.6) is 0 Å². The minimum Gasteiger partial charge on any atom is -0.455 e. The molecular weight excluding hydrogens is 576 g/mol. The lowest BCUT2D eigenvalue weighted by Crippen LogP contribution is -1.91. The number of pyridine rings is 4. The van der Waals surface area contributed by atoms with Crippen molar-refractivity contribution in [3.8, 4) is 33.6 Å². The molecule has 0 saturated heterocycles. The van der Waals surface area contributed by atoms with Crippen LogP contribution in [0.2, 0.25) is 0 Å². The summed E-state index contributed by atoms with van der Waals surface area (Å²) in [6, 6.07) is 43.9. The van der Waals surface area contributed by atoms with Gasteiger partial charge >= 0.3 is 0 Å². The van der Waals surface area contributed by atoms with Gasteiger partial charge in [0.1, 0.15) is 11.2 Å². The summed E-state index contributed by atoms with van der Waals surface area (Å²) < 4.78 is 6.48. The van der Waals surface area contributed by atoms with Crippen molar-refractivity contribution in [3.63, 3.8) is 0 Å². The first-order chi connectivity index (χ1) is 23.3. The summed E-state index contributed by atoms with van der Waals surface area (Å²) in [5.74, 6) is 0. The molecule has 0 saturated carbocycles. The maximum atomic E-state index is 6.48. The molecule has 0 aliphatic carbocycles. The van der Waals surface area contributed by atoms with Crippen LogP contribution in [0.15, 0.2) is 150 Å². The first-order valence-corrected chi connectivity index (χ1v) is 15.6. The van der Waals surface area contributed by atoms with Crippen molar-refractivity contribution < 1.29 is 4.42 Å². The van der Waals surface area contributed by atoms with E-state index in [2.05, 4.69) is 107 Å². The number of hydrogen-bond donors (Lipinski definition) is 0. The summed E-state index contributed by atoms with van der Waals surface area (Å²) in [7, 11) is 0. The zero-order chi connectivity index (χ0) is 30.9. The second-order valence-corrected chi connectivity index (χ2v) is 11.8. The van der Waals surface area contributed by atoms with Crippen LogP contribution in [0.4, 0.5) is 0 Å². The summed E-state index contributed by atoms with van der Waals surface area (Å²) in [5, 5.41) is 7.61. The van der Waals surface area contributed by atoms with Crippen LogP contribution in [0.3, 0.4) is 0 Å². The molecule has 0 fully saturated rings. The fraction of sp³-hybridized carbons (Fsp3) is 0. The monoisotopic (exact) mass is 600 g/mol. The molecule has 0 N–H and O–H groups in total. The van der Waals surface area contributed by atoms with Gasteiger partial charge in [0, 0.05) is 73.0 Å². The van der Waals surface area contributed by atoms with Crippen LogP contribution in [0.25, 0.3) is 99.1 Å². The third-order valence-electron chi connectivity index (χ3n) is 9.22. The second kappa shape index (κ2) is 10.0. The van der Waals surface area contributed by atoms with E-state index in [-0.39, 0.29) is 0 Å². The van der Waals surface area contributed by atoms with Gasteiger partial charge < -0.3 is 4.42 Å². The fourth-order valence-electron chi connectivity index (χ4n) is 6.96. The van der Waals surface area contributed by atoms with Crippen LogP contribution < -0.4 is 0 Å². The van der Waals surface area contributed by atoms with Crippen molar-refractivity contribution in [1.29, 1.82) is 0 Å². The summed E-state index contributed by atoms with van der Waals surface area (Å²) in [5.41, 5.74) is 10.6. The Labute approximate surface area is 268 Å². The van der Waals surface area contributed by atoms with Gasteiger partial charge in [0.25, 0.3) is 0 Å². The van der Waals surface area contributed by atoms with Crippen LogP contribution in [0.1, 0.15) is 0 Å². The Bertz CT molecular complexity index is 2840. The van der Waals surface area contributed by atoms with E-state index in [1.807, 2.05) is 48.9 Å². The molecule has 0 atom stereocenters. The van der Waals surface area contributed by atoms with Crippen molar-refractivity contribution in [2.24, 2.45) is 0 Å². The van der Waals surface area contributed by atoms with Gasteiger partial charge in [0.05, 0.1) is 27.9 Å². The number of para-hydroxylation sites is 2. The Hall–Kier alpha value is -6.46. The highest BCUT2D eigenvalue weighted by Crippen LogP contribution is 2.41. The first-order valence-electron chi connectivity index (χ1n) is 15.6. The molecule has 5 heteroatoms. The van der Waals surface area contributed by atoms with Gasteiger partial charge in [-0.3, -0.25) is 15.0 Å². The lowest BCUT2D eigenvalue weighted by molar-refractivity contribution is 0.673. The molecule has 0 spiro atoms. The van der Waals surface area contributed by atoms with Gasteiger partial charge in [-0.2, -0.15) is 0 Å². The molecule has 0 radical (unpaired) electrons. The molecule has 0 amide bonds. The van der Waals surface area contributed by atoms with E-state index in [0.717, 1.165) is 99.1 Å². The molecule has 5 aromatic carbocycles. The number of hydrogen-bond acceptors (Lipinski definition) is 5. The van der Waals surface area contributed by atoms with Crippen LogP contribution in [-0.2, 0) is 0 Å². The Kier molecular flexibility index (Phi) is 5.51. The van der Waals surface area contributed by atoms with E-state index in [1.165, 1.54) is 0 Å². The second-order valence-electron chi connectivity index (χ2n) is 11.8. The van der Waals surface area contributed by atoms with Crippen molar-refractivity contribution >= 4 is 65.4 Å². The zero-order valence-corrected chi connectivity index (χ0v) is 25.1. The quantitative estimate of drug-likeness (QED) is 0.189. The van der Waals surface area contributed by atoms with Gasteiger partial charge in [-0.25, -0.2) is 4.98 Å². The molecule has 0 aliphatic heterocycles. The number of aromatic nitrogens is 4. The molecule has 218 valence electrons. The standard InChI is InChI=1S/C42H24N4O/c1-3-9-36-33(8-1)38-34(19-18-32-30-7-2-4-10-37(30)47-42(32)38)39(46-36)27-13-11-25(12-14-27)28-16-20-35(45-24-28)29-21-23-44-41-31(29)17-15-26-6-5-22-43-40(26)41/h1-24H. The number of furan rings is 1. The summed E-state index contributed by atoms with van der Waals surface area (Å²) >= 11 is 0. The van der Waals surface area contributed by atoms with Gasteiger partial charge in [0.2, 0.25) is 0 Å². The van der Waals surface area contributed by atoms with Gasteiger partial charge in [0.15, 0.2) is 0 Å². The Balaban J connectivity index is 1.05. The predicted molar refractivity (Wildman–Crippen MR) is 191 cm³/mol. The molecule has 5 aromatic heterocycles. The zero-order valence-electron chi connectivity index (χ0n) is 25.1. The average molecular weight is 601 g/mol. The summed E-state index contributed by atoms with van der Waals surface area (Å²) in [6.45, 7) is 0. The van der Waals surface area contributed by atoms with E-state index >= 15 is 0 Å². The molecule has 47 heavy (non-hydrogen) atoms. The fourth-order valence-corrected chi connectivity index (χ4v) is 6.96. The molecule has 10 rings (SSSR count). The normalized spacial score (nSPS) is 11.8. The topological polar surface area (TPSA) is 64.7 Å². The highest BCUT2D eigenvalue weighted by Gasteiger charge is 2.17. The Morgan fingerprint density at radius 2 is 1.23 bits per heavy atom. The largest absolute Gasteiger partial charge is 0.455 e. The molecule has 0 aliphatic rings. The predicted octanol–water partition coefficient (Wildman–Crippen LogP) is 10.8. The van der Waals surface area contributed by atoms with Gasteiger partial charge in [-0.1, -0.05) is 91.0 Å². The third-order valence-corrected chi connectivity index (χ3v) is 9.22. The van der Waals surface area contributed by atoms with E-state index in [4.69, 9.17) is 14.4 Å². The number of rotatable bonds is 3. The van der Waals surface area contributed by atoms with Crippen molar-refractivity contribution in [3.05, 3.63) is 146 Å². The summed E-state index contributed by atoms with van der Waals surface area (Å²) in [6.07, 6.45) is 5.59. The van der Waals surface area contributed by atoms with Crippen LogP contribution in [-0.4, -0.2) is 19.9 Å². The lowest BCUT2D eigenvalue weighted by atomic mass is 9.96. The number of benzene rings is 5. The first kappa shape index (κ1) is 25.8. The molecule has 5 heterocycles. The van der Waals surface area contributed by atoms with Crippen molar-refractivity contribution in [2.45, 2.75) is 0 Å². The minimum atomic E-state index is 0.887. The van der Waals surface area contributed by atoms with E-state index in [0.29, 0.717) is 0 Å². The Morgan fingerprint density at radius 3 is 2.13 bits per heavy atom. The molecule has 5 nitrogen and oxygen atoms in total. The van der Waals surface area contributed by atoms with E-state index in [9.17, 15) is 0 Å². The minimum absolute atomic E-state index is 0.887. The average Bonchev–Trinajstić information content (AvgIpc) is 3.53. The van der Waals surface area contributed by atoms with Crippen molar-refractivity contribution in [1.82, 2.24) is 19.9 Å². The Morgan fingerprint density at radius 1 is 0.468 bits per heavy atom. The molecule has 0 unspecified atom stereocenters. The van der Waals surface area contributed by atoms with E-state index in [1.54, 1.807) is 0 Å². The highest BCUT2D eigenvalue weighted by molar-refractivity contribution is 6.24. The number of nitrogens with zero attached hydrogens (tertiary/aromatic N) is 4. The SMILES string of the molecule is c1cnc2c(c1)ccc1c(-c3ccc(-c4ccc(-c5nc6ccccc6c6c5ccc5c7ccccc7oc56)cc4)cn3)ccnc12. The van der Waals surface area contributed by atoms with Crippen molar-refractivity contribution in [2.75, 3.05) is 0 Å². The molecule has 10 aromatic rings. The third kappa shape index (κ3) is 3.97. The summed E-state index contributed by atoms with van der Waals surface area (Å²) in [4.78, 5) is 19.3. The maximum absolute atomic E-state index is 6.48. The highest BCUT2D eigenvalue weighted by atomic mass is 16.3.